The highest BCUT2D eigenvalue weighted by Gasteiger charge is 2.10. The number of nitrogens with zero attached hydrogens (tertiary/aromatic N) is 1. The number of nitrogens with one attached hydrogen (secondary N) is 1. The molecule has 96 valence electrons. The number of thiazole rings is 1. The lowest BCUT2D eigenvalue weighted by molar-refractivity contribution is 0.0587. The third-order valence-corrected chi connectivity index (χ3v) is 2.95. The number of carbonyl (C=O) groups excluding carboxylic acids is 1. The van der Waals surface area contributed by atoms with Crippen LogP contribution >= 0.6 is 11.3 Å². The summed E-state index contributed by atoms with van der Waals surface area (Å²) in [5, 5.41) is 14.4. The molecule has 0 spiro atoms. The van der Waals surface area contributed by atoms with Gasteiger partial charge in [-0.1, -0.05) is 0 Å². The van der Waals surface area contributed by atoms with E-state index in [1.165, 1.54) is 18.4 Å². The number of aliphatic hydroxyl groups is 1. The number of rotatable bonds is 7. The minimum atomic E-state index is -0.560. The first-order valence-corrected chi connectivity index (χ1v) is 6.15. The molecule has 7 heteroatoms. The fraction of sp³-hybridized carbons (Fsp3) is 0.600. The second-order valence-corrected chi connectivity index (χ2v) is 4.43. The highest BCUT2D eigenvalue weighted by molar-refractivity contribution is 7.09. The molecule has 6 nitrogen and oxygen atoms in total. The maximum absolute atomic E-state index is 11.6. The normalized spacial score (nSPS) is 12.4. The number of aliphatic hydroxyl groups excluding tert-OH is 1. The molecule has 1 rings (SSSR count). The Bertz CT molecular complexity index is 356. The molecule has 0 aliphatic heterocycles. The van der Waals surface area contributed by atoms with Crippen molar-refractivity contribution in [3.05, 3.63) is 16.1 Å². The van der Waals surface area contributed by atoms with Crippen LogP contribution in [-0.2, 0) is 11.3 Å². The lowest BCUT2D eigenvalue weighted by Crippen LogP contribution is -2.28. The molecule has 0 radical (unpaired) electrons. The van der Waals surface area contributed by atoms with Crippen LogP contribution in [0.15, 0.2) is 5.38 Å². The number of methoxy groups -OCH3 is 1. The zero-order chi connectivity index (χ0) is 12.7. The number of amides is 1. The van der Waals surface area contributed by atoms with Gasteiger partial charge in [0.1, 0.15) is 10.7 Å². The summed E-state index contributed by atoms with van der Waals surface area (Å²) in [5.74, 6) is -0.245. The topological polar surface area (TPSA) is 97.5 Å². The van der Waals surface area contributed by atoms with Crippen LogP contribution in [0.3, 0.4) is 0 Å². The zero-order valence-corrected chi connectivity index (χ0v) is 10.5. The largest absolute Gasteiger partial charge is 0.391 e. The average molecular weight is 259 g/mol. The number of hydrogen-bond acceptors (Lipinski definition) is 6. The van der Waals surface area contributed by atoms with Crippen LogP contribution in [0, 0.1) is 0 Å². The van der Waals surface area contributed by atoms with E-state index in [-0.39, 0.29) is 12.5 Å². The number of ether oxygens (including phenoxy) is 1. The molecule has 0 bridgehead atoms. The SMILES string of the molecule is COCC(O)CCNC(=O)c1csc(CN)n1. The van der Waals surface area contributed by atoms with Gasteiger partial charge in [0.2, 0.25) is 0 Å². The Balaban J connectivity index is 2.29. The van der Waals surface area contributed by atoms with E-state index < -0.39 is 6.10 Å². The number of carbonyl (C=O) groups is 1. The molecule has 1 aromatic rings. The predicted octanol–water partition coefficient (Wildman–Crippen LogP) is -0.271. The van der Waals surface area contributed by atoms with Crippen LogP contribution in [0.1, 0.15) is 21.9 Å². The average Bonchev–Trinajstić information content (AvgIpc) is 2.77. The molecule has 1 amide bonds. The third-order valence-electron chi connectivity index (χ3n) is 2.08. The Morgan fingerprint density at radius 1 is 1.76 bits per heavy atom. The first kappa shape index (κ1) is 14.0. The summed E-state index contributed by atoms with van der Waals surface area (Å²) in [4.78, 5) is 15.6. The summed E-state index contributed by atoms with van der Waals surface area (Å²) < 4.78 is 4.78. The molecule has 1 atom stereocenters. The molecule has 1 unspecified atom stereocenters. The van der Waals surface area contributed by atoms with Gasteiger partial charge in [0.15, 0.2) is 0 Å². The molecule has 0 fully saturated rings. The van der Waals surface area contributed by atoms with Crippen LogP contribution in [0.25, 0.3) is 0 Å². The quantitative estimate of drug-likeness (QED) is 0.626. The number of aromatic nitrogens is 1. The maximum atomic E-state index is 11.6. The molecule has 1 heterocycles. The van der Waals surface area contributed by atoms with Crippen molar-refractivity contribution >= 4 is 17.2 Å². The van der Waals surface area contributed by atoms with Gasteiger partial charge in [-0.15, -0.1) is 11.3 Å². The molecule has 0 aliphatic carbocycles. The predicted molar refractivity (Wildman–Crippen MR) is 64.8 cm³/mol. The summed E-state index contributed by atoms with van der Waals surface area (Å²) in [5.41, 5.74) is 5.78. The summed E-state index contributed by atoms with van der Waals surface area (Å²) in [6.07, 6.45) is -0.108. The van der Waals surface area contributed by atoms with Crippen molar-refractivity contribution in [3.8, 4) is 0 Å². The maximum Gasteiger partial charge on any atom is 0.270 e. The molecular weight excluding hydrogens is 242 g/mol. The highest BCUT2D eigenvalue weighted by atomic mass is 32.1. The molecule has 0 aliphatic rings. The standard InChI is InChI=1S/C10H17N3O3S/c1-16-5-7(14)2-3-12-10(15)8-6-17-9(4-11)13-8/h6-7,14H,2-5,11H2,1H3,(H,12,15). The lowest BCUT2D eigenvalue weighted by Gasteiger charge is -2.09. The van der Waals surface area contributed by atoms with E-state index in [1.807, 2.05) is 0 Å². The second kappa shape index (κ2) is 7.33. The summed E-state index contributed by atoms with van der Waals surface area (Å²) in [6, 6.07) is 0. The molecule has 0 aromatic carbocycles. The van der Waals surface area contributed by atoms with Crippen molar-refractivity contribution in [1.29, 1.82) is 0 Å². The van der Waals surface area contributed by atoms with Crippen LogP contribution in [-0.4, -0.2) is 42.4 Å². The van der Waals surface area contributed by atoms with Gasteiger partial charge in [-0.3, -0.25) is 4.79 Å². The van der Waals surface area contributed by atoms with Gasteiger partial charge in [0, 0.05) is 25.6 Å². The van der Waals surface area contributed by atoms with Gasteiger partial charge >= 0.3 is 0 Å². The lowest BCUT2D eigenvalue weighted by atomic mass is 10.2. The molecule has 0 saturated carbocycles. The zero-order valence-electron chi connectivity index (χ0n) is 9.68. The fourth-order valence-electron chi connectivity index (χ4n) is 1.23. The first-order valence-electron chi connectivity index (χ1n) is 5.27. The second-order valence-electron chi connectivity index (χ2n) is 3.48. The Labute approximate surface area is 104 Å². The van der Waals surface area contributed by atoms with Crippen molar-refractivity contribution in [1.82, 2.24) is 10.3 Å². The van der Waals surface area contributed by atoms with Crippen LogP contribution in [0.4, 0.5) is 0 Å². The highest BCUT2D eigenvalue weighted by Crippen LogP contribution is 2.08. The minimum Gasteiger partial charge on any atom is -0.391 e. The van der Waals surface area contributed by atoms with Crippen LogP contribution in [0.2, 0.25) is 0 Å². The van der Waals surface area contributed by atoms with Crippen molar-refractivity contribution in [2.75, 3.05) is 20.3 Å². The van der Waals surface area contributed by atoms with Gasteiger partial charge in [0.05, 0.1) is 12.7 Å². The Hall–Kier alpha value is -1.02. The monoisotopic (exact) mass is 259 g/mol. The van der Waals surface area contributed by atoms with Crippen molar-refractivity contribution < 1.29 is 14.6 Å². The Morgan fingerprint density at radius 3 is 3.12 bits per heavy atom. The molecule has 4 N–H and O–H groups in total. The van der Waals surface area contributed by atoms with Crippen LogP contribution in [0.5, 0.6) is 0 Å². The van der Waals surface area contributed by atoms with E-state index in [2.05, 4.69) is 10.3 Å². The summed E-state index contributed by atoms with van der Waals surface area (Å²) in [7, 11) is 1.52. The van der Waals surface area contributed by atoms with E-state index in [0.717, 1.165) is 5.01 Å². The summed E-state index contributed by atoms with van der Waals surface area (Å²) >= 11 is 1.36. The molecule has 1 aromatic heterocycles. The van der Waals surface area contributed by atoms with Gasteiger partial charge in [0.25, 0.3) is 5.91 Å². The fourth-order valence-corrected chi connectivity index (χ4v) is 1.88. The third kappa shape index (κ3) is 4.78. The molecular formula is C10H17N3O3S. The van der Waals surface area contributed by atoms with E-state index in [4.69, 9.17) is 10.5 Å². The smallest absolute Gasteiger partial charge is 0.270 e. The van der Waals surface area contributed by atoms with E-state index >= 15 is 0 Å². The minimum absolute atomic E-state index is 0.245. The van der Waals surface area contributed by atoms with Crippen molar-refractivity contribution in [2.24, 2.45) is 5.73 Å². The van der Waals surface area contributed by atoms with Gasteiger partial charge in [-0.2, -0.15) is 0 Å². The molecule has 0 saturated heterocycles. The van der Waals surface area contributed by atoms with E-state index in [9.17, 15) is 9.90 Å². The van der Waals surface area contributed by atoms with Crippen molar-refractivity contribution in [3.63, 3.8) is 0 Å². The van der Waals surface area contributed by atoms with E-state index in [1.54, 1.807) is 5.38 Å². The van der Waals surface area contributed by atoms with Gasteiger partial charge in [-0.05, 0) is 6.42 Å². The Kier molecular flexibility index (Phi) is 6.06. The van der Waals surface area contributed by atoms with Crippen LogP contribution < -0.4 is 11.1 Å². The van der Waals surface area contributed by atoms with Gasteiger partial charge in [-0.25, -0.2) is 4.98 Å². The summed E-state index contributed by atoms with van der Waals surface area (Å²) in [6.45, 7) is 0.993. The number of nitrogens with two attached hydrogens (primary N) is 1. The first-order chi connectivity index (χ1) is 8.17. The Morgan fingerprint density at radius 2 is 2.53 bits per heavy atom. The number of hydrogen-bond donors (Lipinski definition) is 3. The van der Waals surface area contributed by atoms with Crippen molar-refractivity contribution in [2.45, 2.75) is 19.1 Å². The van der Waals surface area contributed by atoms with E-state index in [0.29, 0.717) is 25.2 Å². The molecule has 17 heavy (non-hydrogen) atoms. The van der Waals surface area contributed by atoms with Gasteiger partial charge < -0.3 is 20.9 Å².